The minimum absolute atomic E-state index is 0.218. The lowest BCUT2D eigenvalue weighted by atomic mass is 9.98. The summed E-state index contributed by atoms with van der Waals surface area (Å²) in [6.45, 7) is 5.78. The van der Waals surface area contributed by atoms with Crippen LogP contribution in [0.3, 0.4) is 0 Å². The lowest BCUT2D eigenvalue weighted by molar-refractivity contribution is 0.0354. The zero-order valence-corrected chi connectivity index (χ0v) is 12.6. The lowest BCUT2D eigenvalue weighted by Gasteiger charge is -2.25. The molecular formula is C15H21N3O3. The van der Waals surface area contributed by atoms with Crippen LogP contribution in [0.4, 0.5) is 10.5 Å². The van der Waals surface area contributed by atoms with Crippen LogP contribution in [0.25, 0.3) is 11.1 Å². The zero-order valence-electron chi connectivity index (χ0n) is 12.6. The molecule has 0 unspecified atom stereocenters. The van der Waals surface area contributed by atoms with Gasteiger partial charge in [-0.05, 0) is 25.0 Å². The second-order valence-electron chi connectivity index (χ2n) is 5.15. The van der Waals surface area contributed by atoms with Crippen molar-refractivity contribution in [3.63, 3.8) is 0 Å². The van der Waals surface area contributed by atoms with E-state index in [2.05, 4.69) is 15.6 Å². The van der Waals surface area contributed by atoms with Gasteiger partial charge in [-0.25, -0.2) is 9.78 Å². The van der Waals surface area contributed by atoms with Gasteiger partial charge in [0.05, 0.1) is 5.60 Å². The zero-order chi connectivity index (χ0) is 15.5. The second kappa shape index (κ2) is 6.13. The summed E-state index contributed by atoms with van der Waals surface area (Å²) in [5.74, 6) is 0.586. The molecule has 21 heavy (non-hydrogen) atoms. The highest BCUT2D eigenvalue weighted by molar-refractivity contribution is 5.91. The number of aliphatic hydroxyl groups is 1. The smallest absolute Gasteiger partial charge is 0.319 e. The van der Waals surface area contributed by atoms with Gasteiger partial charge in [-0.2, -0.15) is 0 Å². The molecular weight excluding hydrogens is 270 g/mol. The molecule has 1 aromatic carbocycles. The van der Waals surface area contributed by atoms with Crippen molar-refractivity contribution < 1.29 is 14.3 Å². The highest BCUT2D eigenvalue weighted by atomic mass is 16.3. The number of benzene rings is 1. The first kappa shape index (κ1) is 15.3. The highest BCUT2D eigenvalue weighted by Gasteiger charge is 2.22. The molecule has 2 amide bonds. The minimum atomic E-state index is -0.858. The third-order valence-corrected chi connectivity index (χ3v) is 3.65. The number of fused-ring (bicyclic) bond motifs is 1. The van der Waals surface area contributed by atoms with Crippen molar-refractivity contribution in [2.24, 2.45) is 0 Å². The predicted molar refractivity (Wildman–Crippen MR) is 81.3 cm³/mol. The molecule has 114 valence electrons. The van der Waals surface area contributed by atoms with Gasteiger partial charge in [0.15, 0.2) is 11.5 Å². The Kier molecular flexibility index (Phi) is 4.47. The van der Waals surface area contributed by atoms with Gasteiger partial charge < -0.3 is 20.2 Å². The van der Waals surface area contributed by atoms with Crippen LogP contribution in [0.1, 0.15) is 32.6 Å². The van der Waals surface area contributed by atoms with Crippen LogP contribution >= 0.6 is 0 Å². The number of carbonyl (C=O) groups excluding carboxylic acids is 1. The molecule has 0 fully saturated rings. The highest BCUT2D eigenvalue weighted by Crippen LogP contribution is 2.19. The molecule has 0 saturated carbocycles. The van der Waals surface area contributed by atoms with Crippen LogP contribution in [-0.4, -0.2) is 28.3 Å². The molecule has 0 radical (unpaired) electrons. The van der Waals surface area contributed by atoms with E-state index >= 15 is 0 Å². The number of nitrogens with zero attached hydrogens (tertiary/aromatic N) is 1. The Morgan fingerprint density at radius 2 is 2.10 bits per heavy atom. The molecule has 0 aliphatic heterocycles. The van der Waals surface area contributed by atoms with Crippen LogP contribution in [0.2, 0.25) is 0 Å². The monoisotopic (exact) mass is 291 g/mol. The Bertz CT molecular complexity index is 632. The first-order valence-electron chi connectivity index (χ1n) is 7.10. The summed E-state index contributed by atoms with van der Waals surface area (Å²) < 4.78 is 5.42. The van der Waals surface area contributed by atoms with Gasteiger partial charge in [0.25, 0.3) is 0 Å². The van der Waals surface area contributed by atoms with Gasteiger partial charge in [0.1, 0.15) is 5.52 Å². The number of rotatable bonds is 5. The first-order chi connectivity index (χ1) is 9.95. The number of hydrogen-bond acceptors (Lipinski definition) is 4. The third-order valence-electron chi connectivity index (χ3n) is 3.65. The van der Waals surface area contributed by atoms with E-state index in [-0.39, 0.29) is 12.6 Å². The number of oxazole rings is 1. The summed E-state index contributed by atoms with van der Waals surface area (Å²) in [4.78, 5) is 16.0. The first-order valence-corrected chi connectivity index (χ1v) is 7.10. The maximum Gasteiger partial charge on any atom is 0.319 e. The van der Waals surface area contributed by atoms with Gasteiger partial charge in [-0.15, -0.1) is 0 Å². The number of hydrogen-bond donors (Lipinski definition) is 3. The summed E-state index contributed by atoms with van der Waals surface area (Å²) in [6, 6.07) is 4.91. The van der Waals surface area contributed by atoms with E-state index in [9.17, 15) is 9.90 Å². The van der Waals surface area contributed by atoms with Crippen molar-refractivity contribution in [3.05, 3.63) is 24.1 Å². The SMILES string of the molecule is CCC(O)(CC)CNC(=O)Nc1ccc2nc(C)oc2c1. The van der Waals surface area contributed by atoms with Crippen LogP contribution in [-0.2, 0) is 0 Å². The molecule has 2 aromatic rings. The van der Waals surface area contributed by atoms with Crippen molar-refractivity contribution >= 4 is 22.8 Å². The van der Waals surface area contributed by atoms with Gasteiger partial charge in [-0.3, -0.25) is 0 Å². The topological polar surface area (TPSA) is 87.4 Å². The summed E-state index contributed by atoms with van der Waals surface area (Å²) in [5.41, 5.74) is 1.14. The van der Waals surface area contributed by atoms with Gasteiger partial charge in [0, 0.05) is 25.2 Å². The van der Waals surface area contributed by atoms with Crippen molar-refractivity contribution in [2.45, 2.75) is 39.2 Å². The molecule has 1 aromatic heterocycles. The van der Waals surface area contributed by atoms with Crippen LogP contribution in [0.15, 0.2) is 22.6 Å². The van der Waals surface area contributed by atoms with E-state index < -0.39 is 5.60 Å². The molecule has 6 nitrogen and oxygen atoms in total. The quantitative estimate of drug-likeness (QED) is 0.790. The molecule has 3 N–H and O–H groups in total. The number of anilines is 1. The Balaban J connectivity index is 1.97. The molecule has 0 spiro atoms. The molecule has 0 bridgehead atoms. The fraction of sp³-hybridized carbons (Fsp3) is 0.467. The van der Waals surface area contributed by atoms with E-state index in [1.54, 1.807) is 25.1 Å². The summed E-state index contributed by atoms with van der Waals surface area (Å²) in [7, 11) is 0. The summed E-state index contributed by atoms with van der Waals surface area (Å²) in [5, 5.41) is 15.5. The standard InChI is InChI=1S/C15H21N3O3/c1-4-15(20,5-2)9-16-14(19)18-11-6-7-12-13(8-11)21-10(3)17-12/h6-8,20H,4-5,9H2,1-3H3,(H2,16,18,19). The number of carbonyl (C=O) groups is 1. The Morgan fingerprint density at radius 1 is 1.38 bits per heavy atom. The summed E-state index contributed by atoms with van der Waals surface area (Å²) >= 11 is 0. The molecule has 0 aliphatic rings. The number of urea groups is 1. The van der Waals surface area contributed by atoms with Crippen molar-refractivity contribution in [1.82, 2.24) is 10.3 Å². The van der Waals surface area contributed by atoms with Gasteiger partial charge >= 0.3 is 6.03 Å². The molecule has 2 rings (SSSR count). The van der Waals surface area contributed by atoms with Gasteiger partial charge in [0.2, 0.25) is 0 Å². The predicted octanol–water partition coefficient (Wildman–Crippen LogP) is 2.81. The molecule has 0 atom stereocenters. The lowest BCUT2D eigenvalue weighted by Crippen LogP contribution is -2.43. The number of amides is 2. The number of nitrogens with one attached hydrogen (secondary N) is 2. The fourth-order valence-electron chi connectivity index (χ4n) is 2.04. The number of aromatic nitrogens is 1. The maximum absolute atomic E-state index is 11.9. The second-order valence-corrected chi connectivity index (χ2v) is 5.15. The largest absolute Gasteiger partial charge is 0.441 e. The van der Waals surface area contributed by atoms with Crippen LogP contribution in [0.5, 0.6) is 0 Å². The van der Waals surface area contributed by atoms with Crippen LogP contribution in [0, 0.1) is 6.92 Å². The van der Waals surface area contributed by atoms with E-state index in [0.717, 1.165) is 5.52 Å². The van der Waals surface area contributed by atoms with Crippen LogP contribution < -0.4 is 10.6 Å². The molecule has 1 heterocycles. The third kappa shape index (κ3) is 3.72. The summed E-state index contributed by atoms with van der Waals surface area (Å²) in [6.07, 6.45) is 1.18. The fourth-order valence-corrected chi connectivity index (χ4v) is 2.04. The molecule has 0 aliphatic carbocycles. The maximum atomic E-state index is 11.9. The Labute approximate surface area is 123 Å². The Morgan fingerprint density at radius 3 is 2.76 bits per heavy atom. The minimum Gasteiger partial charge on any atom is -0.441 e. The van der Waals surface area contributed by atoms with Crippen molar-refractivity contribution in [3.8, 4) is 0 Å². The van der Waals surface area contributed by atoms with E-state index in [1.165, 1.54) is 0 Å². The number of aryl methyl sites for hydroxylation is 1. The van der Waals surface area contributed by atoms with Crippen molar-refractivity contribution in [2.75, 3.05) is 11.9 Å². The molecule has 6 heteroatoms. The van der Waals surface area contributed by atoms with E-state index in [1.807, 2.05) is 13.8 Å². The van der Waals surface area contributed by atoms with E-state index in [4.69, 9.17) is 4.42 Å². The van der Waals surface area contributed by atoms with E-state index in [0.29, 0.717) is 30.0 Å². The van der Waals surface area contributed by atoms with Gasteiger partial charge in [-0.1, -0.05) is 13.8 Å². The Hall–Kier alpha value is -2.08. The average molecular weight is 291 g/mol. The average Bonchev–Trinajstić information content (AvgIpc) is 2.84. The van der Waals surface area contributed by atoms with Crippen molar-refractivity contribution in [1.29, 1.82) is 0 Å². The molecule has 0 saturated heterocycles. The normalized spacial score (nSPS) is 11.6.